The zero-order valence-corrected chi connectivity index (χ0v) is 19.7. The Morgan fingerprint density at radius 2 is 2.09 bits per heavy atom. The van der Waals surface area contributed by atoms with Gasteiger partial charge in [0.1, 0.15) is 17.9 Å². The number of methoxy groups -OCH3 is 1. The average Bonchev–Trinajstić information content (AvgIpc) is 3.51. The molecule has 2 aromatic heterocycles. The zero-order valence-electron chi connectivity index (χ0n) is 19.7. The summed E-state index contributed by atoms with van der Waals surface area (Å²) in [5.74, 6) is -1.72. The maximum atomic E-state index is 13.7. The molecule has 0 bridgehead atoms. The summed E-state index contributed by atoms with van der Waals surface area (Å²) in [4.78, 5) is 56.8. The third kappa shape index (κ3) is 6.15. The Morgan fingerprint density at radius 1 is 1.31 bits per heavy atom. The van der Waals surface area contributed by atoms with Crippen molar-refractivity contribution in [1.82, 2.24) is 36.2 Å². The minimum Gasteiger partial charge on any atom is -0.469 e. The molecule has 2 aromatic rings. The first-order valence-corrected chi connectivity index (χ1v) is 11.1. The van der Waals surface area contributed by atoms with E-state index in [9.17, 15) is 19.2 Å². The molecule has 3 unspecified atom stereocenters. The van der Waals surface area contributed by atoms with Gasteiger partial charge in [0.05, 0.1) is 19.7 Å². The Labute approximate surface area is 201 Å². The van der Waals surface area contributed by atoms with Crippen LogP contribution in [0.5, 0.6) is 0 Å². The number of nitrogens with two attached hydrogens (primary N) is 1. The number of aromatic nitrogens is 5. The molecular formula is C21H29N9O5. The normalized spacial score (nSPS) is 16.4. The molecule has 0 saturated carbocycles. The van der Waals surface area contributed by atoms with E-state index in [4.69, 9.17) is 5.73 Å². The molecule has 3 heterocycles. The van der Waals surface area contributed by atoms with E-state index in [1.807, 2.05) is 0 Å². The maximum absolute atomic E-state index is 13.7. The number of hydrogen-bond acceptors (Lipinski definition) is 10. The van der Waals surface area contributed by atoms with Gasteiger partial charge in [-0.05, 0) is 24.0 Å². The Hall–Kier alpha value is -3.94. The van der Waals surface area contributed by atoms with Gasteiger partial charge in [-0.1, -0.05) is 25.1 Å². The van der Waals surface area contributed by atoms with Crippen LogP contribution in [0.4, 0.5) is 5.82 Å². The minimum absolute atomic E-state index is 0.00336. The number of nitrogens with one attached hydrogen (secondary N) is 3. The van der Waals surface area contributed by atoms with Crippen molar-refractivity contribution in [3.63, 3.8) is 0 Å². The van der Waals surface area contributed by atoms with Gasteiger partial charge >= 0.3 is 5.97 Å². The number of anilines is 1. The quantitative estimate of drug-likeness (QED) is 0.289. The molecule has 1 aliphatic heterocycles. The number of rotatable bonds is 10. The lowest BCUT2D eigenvalue weighted by molar-refractivity contribution is -0.141. The van der Waals surface area contributed by atoms with Crippen LogP contribution in [0.1, 0.15) is 38.1 Å². The van der Waals surface area contributed by atoms with Crippen LogP contribution in [-0.4, -0.2) is 74.5 Å². The minimum atomic E-state index is -1.13. The van der Waals surface area contributed by atoms with E-state index in [0.29, 0.717) is 11.4 Å². The summed E-state index contributed by atoms with van der Waals surface area (Å²) in [5.41, 5.74) is 6.65. The van der Waals surface area contributed by atoms with Crippen LogP contribution >= 0.6 is 0 Å². The molecule has 14 heteroatoms. The highest BCUT2D eigenvalue weighted by atomic mass is 16.5. The third-order valence-corrected chi connectivity index (χ3v) is 5.67. The number of fused-ring (bicyclic) bond motifs is 1. The van der Waals surface area contributed by atoms with E-state index < -0.39 is 41.8 Å². The van der Waals surface area contributed by atoms with Crippen LogP contribution in [-0.2, 0) is 36.9 Å². The van der Waals surface area contributed by atoms with Crippen LogP contribution in [0, 0.1) is 5.92 Å². The highest BCUT2D eigenvalue weighted by Gasteiger charge is 2.42. The number of H-pyrrole nitrogens is 1. The summed E-state index contributed by atoms with van der Waals surface area (Å²) >= 11 is 0. The van der Waals surface area contributed by atoms with Crippen molar-refractivity contribution in [2.75, 3.05) is 12.0 Å². The fourth-order valence-electron chi connectivity index (χ4n) is 3.62. The Balaban J connectivity index is 1.86. The first-order chi connectivity index (χ1) is 16.7. The standard InChI is InChI=1S/C21H29N9O5/c1-11(2)17(22)20(33)25-13(6-7-16(31)35-3)21(34)30-14(9-12-5-4-8-23-18(12)30)19(32)24-10-15-26-28-29-27-15/h4-5,8,11,13-14,17H,6-7,9-10,22H2,1-3H3,(H,24,32)(H,25,33)(H,26,27,28,29). The maximum Gasteiger partial charge on any atom is 0.305 e. The van der Waals surface area contributed by atoms with Gasteiger partial charge in [0.15, 0.2) is 5.82 Å². The lowest BCUT2D eigenvalue weighted by atomic mass is 10.0. The summed E-state index contributed by atoms with van der Waals surface area (Å²) in [6.07, 6.45) is 1.56. The van der Waals surface area contributed by atoms with Crippen molar-refractivity contribution >= 4 is 29.5 Å². The van der Waals surface area contributed by atoms with Gasteiger partial charge in [-0.2, -0.15) is 5.21 Å². The number of tetrazole rings is 1. The fourth-order valence-corrected chi connectivity index (χ4v) is 3.62. The molecule has 35 heavy (non-hydrogen) atoms. The number of nitrogens with zero attached hydrogens (tertiary/aromatic N) is 5. The number of carbonyl (C=O) groups is 4. The molecule has 14 nitrogen and oxygen atoms in total. The Kier molecular flexibility index (Phi) is 8.41. The van der Waals surface area contributed by atoms with Crippen molar-refractivity contribution in [3.8, 4) is 0 Å². The summed E-state index contributed by atoms with van der Waals surface area (Å²) < 4.78 is 4.68. The lowest BCUT2D eigenvalue weighted by Crippen LogP contribution is -2.57. The summed E-state index contributed by atoms with van der Waals surface area (Å²) in [6, 6.07) is 0.550. The monoisotopic (exact) mass is 487 g/mol. The third-order valence-electron chi connectivity index (χ3n) is 5.67. The summed E-state index contributed by atoms with van der Waals surface area (Å²) in [5, 5.41) is 18.7. The molecule has 0 aliphatic carbocycles. The van der Waals surface area contributed by atoms with E-state index in [0.717, 1.165) is 0 Å². The van der Waals surface area contributed by atoms with E-state index in [2.05, 4.69) is 41.0 Å². The van der Waals surface area contributed by atoms with E-state index >= 15 is 0 Å². The van der Waals surface area contributed by atoms with Crippen LogP contribution < -0.4 is 21.3 Å². The van der Waals surface area contributed by atoms with Crippen LogP contribution in [0.2, 0.25) is 0 Å². The van der Waals surface area contributed by atoms with Gasteiger partial charge in [0.25, 0.3) is 5.91 Å². The van der Waals surface area contributed by atoms with Gasteiger partial charge in [-0.3, -0.25) is 24.1 Å². The molecule has 3 amide bonds. The van der Waals surface area contributed by atoms with E-state index in [1.165, 1.54) is 18.2 Å². The fraction of sp³-hybridized carbons (Fsp3) is 0.524. The number of ether oxygens (including phenoxy) is 1. The second kappa shape index (κ2) is 11.5. The molecule has 0 radical (unpaired) electrons. The molecular weight excluding hydrogens is 458 g/mol. The predicted molar refractivity (Wildman–Crippen MR) is 121 cm³/mol. The Bertz CT molecular complexity index is 1060. The summed E-state index contributed by atoms with van der Waals surface area (Å²) in [6.45, 7) is 3.56. The molecule has 3 rings (SSSR count). The van der Waals surface area contributed by atoms with Gasteiger partial charge in [0.2, 0.25) is 11.8 Å². The zero-order chi connectivity index (χ0) is 25.5. The van der Waals surface area contributed by atoms with Crippen LogP contribution in [0.15, 0.2) is 18.3 Å². The first kappa shape index (κ1) is 25.7. The molecule has 1 aliphatic rings. The number of esters is 1. The van der Waals surface area contributed by atoms with Crippen molar-refractivity contribution in [3.05, 3.63) is 29.7 Å². The van der Waals surface area contributed by atoms with Gasteiger partial charge in [0, 0.05) is 19.0 Å². The van der Waals surface area contributed by atoms with Crippen molar-refractivity contribution in [2.45, 2.75) is 57.8 Å². The predicted octanol–water partition coefficient (Wildman–Crippen LogP) is -1.41. The van der Waals surface area contributed by atoms with E-state index in [-0.39, 0.29) is 37.5 Å². The SMILES string of the molecule is COC(=O)CCC(NC(=O)C(N)C(C)C)C(=O)N1c2ncccc2CC1C(=O)NCc1nn[nH]n1. The molecule has 0 saturated heterocycles. The highest BCUT2D eigenvalue weighted by molar-refractivity contribution is 6.06. The van der Waals surface area contributed by atoms with Crippen LogP contribution in [0.25, 0.3) is 0 Å². The van der Waals surface area contributed by atoms with Gasteiger partial charge in [-0.15, -0.1) is 10.2 Å². The molecule has 3 atom stereocenters. The van der Waals surface area contributed by atoms with Crippen molar-refractivity contribution in [2.24, 2.45) is 11.7 Å². The van der Waals surface area contributed by atoms with Gasteiger partial charge in [-0.25, -0.2) is 4.98 Å². The van der Waals surface area contributed by atoms with Gasteiger partial charge < -0.3 is 21.1 Å². The first-order valence-electron chi connectivity index (χ1n) is 11.1. The highest BCUT2D eigenvalue weighted by Crippen LogP contribution is 2.31. The van der Waals surface area contributed by atoms with Crippen LogP contribution in [0.3, 0.4) is 0 Å². The smallest absolute Gasteiger partial charge is 0.305 e. The number of amides is 3. The molecule has 0 spiro atoms. The number of aromatic amines is 1. The Morgan fingerprint density at radius 3 is 2.74 bits per heavy atom. The average molecular weight is 488 g/mol. The second-order valence-electron chi connectivity index (χ2n) is 8.41. The molecule has 0 aromatic carbocycles. The lowest BCUT2D eigenvalue weighted by Gasteiger charge is -2.29. The van der Waals surface area contributed by atoms with E-state index in [1.54, 1.807) is 26.0 Å². The number of hydrogen-bond donors (Lipinski definition) is 4. The second-order valence-corrected chi connectivity index (χ2v) is 8.41. The van der Waals surface area contributed by atoms with Crippen molar-refractivity contribution < 1.29 is 23.9 Å². The van der Waals surface area contributed by atoms with Crippen molar-refractivity contribution in [1.29, 1.82) is 0 Å². The number of pyridine rings is 1. The largest absolute Gasteiger partial charge is 0.469 e. The molecule has 5 N–H and O–H groups in total. The molecule has 188 valence electrons. The number of carbonyl (C=O) groups excluding carboxylic acids is 4. The summed E-state index contributed by atoms with van der Waals surface area (Å²) in [7, 11) is 1.23. The topological polar surface area (TPSA) is 198 Å². The molecule has 0 fully saturated rings.